The zero-order chi connectivity index (χ0) is 16.2. The number of methoxy groups -OCH3 is 1. The number of aromatic amines is 1. The van der Waals surface area contributed by atoms with E-state index in [-0.39, 0.29) is 11.5 Å². The minimum atomic E-state index is -0.118. The molecule has 0 fully saturated rings. The van der Waals surface area contributed by atoms with Crippen molar-refractivity contribution in [1.29, 1.82) is 0 Å². The van der Waals surface area contributed by atoms with E-state index in [1.54, 1.807) is 13.3 Å². The summed E-state index contributed by atoms with van der Waals surface area (Å²) in [6.07, 6.45) is 4.50. The van der Waals surface area contributed by atoms with Crippen LogP contribution >= 0.6 is 0 Å². The summed E-state index contributed by atoms with van der Waals surface area (Å²) in [5.74, 6) is 2.51. The third-order valence-electron chi connectivity index (χ3n) is 3.32. The third kappa shape index (κ3) is 4.04. The van der Waals surface area contributed by atoms with Crippen molar-refractivity contribution in [1.82, 2.24) is 19.9 Å². The zero-order valence-electron chi connectivity index (χ0n) is 14.0. The largest absolute Gasteiger partial charge is 0.378 e. The smallest absolute Gasteiger partial charge is 0.136 e. The highest BCUT2D eigenvalue weighted by atomic mass is 16.5. The van der Waals surface area contributed by atoms with Crippen LogP contribution in [0.1, 0.15) is 57.5 Å². The standard InChI is InChI=1S/C16H25N5O/c1-6-12(14-17-7-8-18-14)20-13-9-11(10-22-5)19-15(21-13)16(2,3)4/h7-9,12H,6,10H2,1-5H3,(H,17,18)(H,19,20,21). The van der Waals surface area contributed by atoms with Crippen molar-refractivity contribution >= 4 is 5.82 Å². The topological polar surface area (TPSA) is 75.7 Å². The van der Waals surface area contributed by atoms with Gasteiger partial charge in [-0.05, 0) is 6.42 Å². The fourth-order valence-corrected chi connectivity index (χ4v) is 2.14. The molecule has 0 aliphatic rings. The molecule has 0 amide bonds. The van der Waals surface area contributed by atoms with Gasteiger partial charge in [0.15, 0.2) is 0 Å². The van der Waals surface area contributed by atoms with E-state index in [2.05, 4.69) is 52.9 Å². The normalized spacial score (nSPS) is 13.1. The maximum absolute atomic E-state index is 5.22. The second-order valence-electron chi connectivity index (χ2n) is 6.33. The first-order valence-corrected chi connectivity index (χ1v) is 7.57. The molecular weight excluding hydrogens is 278 g/mol. The third-order valence-corrected chi connectivity index (χ3v) is 3.32. The van der Waals surface area contributed by atoms with E-state index < -0.39 is 0 Å². The van der Waals surface area contributed by atoms with Crippen molar-refractivity contribution < 1.29 is 4.74 Å². The second-order valence-corrected chi connectivity index (χ2v) is 6.33. The van der Waals surface area contributed by atoms with Crippen LogP contribution in [0.2, 0.25) is 0 Å². The summed E-state index contributed by atoms with van der Waals surface area (Å²) in [5, 5.41) is 3.44. The maximum Gasteiger partial charge on any atom is 0.136 e. The molecule has 1 atom stereocenters. The van der Waals surface area contributed by atoms with Crippen molar-refractivity contribution in [2.24, 2.45) is 0 Å². The molecule has 2 heterocycles. The summed E-state index contributed by atoms with van der Waals surface area (Å²) in [6, 6.07) is 2.03. The van der Waals surface area contributed by atoms with E-state index in [1.807, 2.05) is 12.3 Å². The Hall–Kier alpha value is -1.95. The highest BCUT2D eigenvalue weighted by Crippen LogP contribution is 2.23. The number of imidazole rings is 1. The summed E-state index contributed by atoms with van der Waals surface area (Å²) in [7, 11) is 1.67. The lowest BCUT2D eigenvalue weighted by atomic mass is 9.95. The van der Waals surface area contributed by atoms with Gasteiger partial charge in [-0.2, -0.15) is 0 Å². The number of nitrogens with zero attached hydrogens (tertiary/aromatic N) is 3. The number of H-pyrrole nitrogens is 1. The van der Waals surface area contributed by atoms with Gasteiger partial charge in [-0.3, -0.25) is 0 Å². The molecule has 6 nitrogen and oxygen atoms in total. The van der Waals surface area contributed by atoms with Crippen LogP contribution in [0.25, 0.3) is 0 Å². The monoisotopic (exact) mass is 303 g/mol. The minimum Gasteiger partial charge on any atom is -0.378 e. The van der Waals surface area contributed by atoms with Crippen LogP contribution in [0.5, 0.6) is 0 Å². The van der Waals surface area contributed by atoms with Crippen LogP contribution in [0, 0.1) is 0 Å². The van der Waals surface area contributed by atoms with E-state index >= 15 is 0 Å². The predicted octanol–water partition coefficient (Wildman–Crippen LogP) is 3.21. The molecule has 120 valence electrons. The average Bonchev–Trinajstić information content (AvgIpc) is 2.98. The molecule has 2 rings (SSSR count). The van der Waals surface area contributed by atoms with Crippen molar-refractivity contribution in [3.8, 4) is 0 Å². The molecule has 0 saturated heterocycles. The van der Waals surface area contributed by atoms with Gasteiger partial charge in [0.2, 0.25) is 0 Å². The Morgan fingerprint density at radius 2 is 2.09 bits per heavy atom. The van der Waals surface area contributed by atoms with Gasteiger partial charge in [0, 0.05) is 31.0 Å². The number of nitrogens with one attached hydrogen (secondary N) is 2. The Balaban J connectivity index is 2.30. The zero-order valence-corrected chi connectivity index (χ0v) is 14.0. The Kier molecular flexibility index (Phi) is 5.13. The van der Waals surface area contributed by atoms with Crippen molar-refractivity contribution in [2.75, 3.05) is 12.4 Å². The molecule has 1 unspecified atom stereocenters. The lowest BCUT2D eigenvalue weighted by Gasteiger charge is -2.21. The number of hydrogen-bond acceptors (Lipinski definition) is 5. The van der Waals surface area contributed by atoms with Crippen LogP contribution in [0.3, 0.4) is 0 Å². The fourth-order valence-electron chi connectivity index (χ4n) is 2.14. The quantitative estimate of drug-likeness (QED) is 0.857. The first kappa shape index (κ1) is 16.4. The van der Waals surface area contributed by atoms with Crippen molar-refractivity contribution in [3.63, 3.8) is 0 Å². The molecule has 0 saturated carbocycles. The number of rotatable bonds is 6. The van der Waals surface area contributed by atoms with Gasteiger partial charge in [0.1, 0.15) is 17.5 Å². The summed E-state index contributed by atoms with van der Waals surface area (Å²) in [5.41, 5.74) is 0.756. The Morgan fingerprint density at radius 1 is 1.32 bits per heavy atom. The van der Waals surface area contributed by atoms with E-state index in [9.17, 15) is 0 Å². The summed E-state index contributed by atoms with van der Waals surface area (Å²) in [4.78, 5) is 16.7. The van der Waals surface area contributed by atoms with Gasteiger partial charge >= 0.3 is 0 Å². The van der Waals surface area contributed by atoms with Gasteiger partial charge in [-0.15, -0.1) is 0 Å². The van der Waals surface area contributed by atoms with Crippen molar-refractivity contribution in [2.45, 2.75) is 52.2 Å². The first-order chi connectivity index (χ1) is 10.4. The van der Waals surface area contributed by atoms with Crippen LogP contribution in [0.15, 0.2) is 18.5 Å². The predicted molar refractivity (Wildman–Crippen MR) is 86.7 cm³/mol. The number of anilines is 1. The lowest BCUT2D eigenvalue weighted by molar-refractivity contribution is 0.181. The van der Waals surface area contributed by atoms with Gasteiger partial charge in [0.25, 0.3) is 0 Å². The highest BCUT2D eigenvalue weighted by molar-refractivity contribution is 5.39. The van der Waals surface area contributed by atoms with Gasteiger partial charge < -0.3 is 15.0 Å². The van der Waals surface area contributed by atoms with Crippen LogP contribution in [-0.2, 0) is 16.8 Å². The molecule has 0 spiro atoms. The molecule has 0 aliphatic heterocycles. The lowest BCUT2D eigenvalue weighted by Crippen LogP contribution is -2.20. The molecule has 22 heavy (non-hydrogen) atoms. The summed E-state index contributed by atoms with van der Waals surface area (Å²) < 4.78 is 5.22. The Labute approximate surface area is 131 Å². The Morgan fingerprint density at radius 3 is 2.64 bits per heavy atom. The van der Waals surface area contributed by atoms with E-state index in [4.69, 9.17) is 4.74 Å². The average molecular weight is 303 g/mol. The summed E-state index contributed by atoms with van der Waals surface area (Å²) >= 11 is 0. The highest BCUT2D eigenvalue weighted by Gasteiger charge is 2.20. The minimum absolute atomic E-state index is 0.0908. The summed E-state index contributed by atoms with van der Waals surface area (Å²) in [6.45, 7) is 8.89. The van der Waals surface area contributed by atoms with E-state index in [1.165, 1.54) is 0 Å². The van der Waals surface area contributed by atoms with E-state index in [0.29, 0.717) is 6.61 Å². The van der Waals surface area contributed by atoms with Gasteiger partial charge in [0.05, 0.1) is 18.3 Å². The first-order valence-electron chi connectivity index (χ1n) is 7.57. The molecule has 0 radical (unpaired) electrons. The molecular formula is C16H25N5O. The van der Waals surface area contributed by atoms with Crippen LogP contribution in [-0.4, -0.2) is 27.0 Å². The molecule has 6 heteroatoms. The van der Waals surface area contributed by atoms with Gasteiger partial charge in [-0.25, -0.2) is 15.0 Å². The van der Waals surface area contributed by atoms with Gasteiger partial charge in [-0.1, -0.05) is 27.7 Å². The van der Waals surface area contributed by atoms with Crippen molar-refractivity contribution in [3.05, 3.63) is 35.8 Å². The molecule has 2 N–H and O–H groups in total. The number of hydrogen-bond donors (Lipinski definition) is 2. The second kappa shape index (κ2) is 6.87. The maximum atomic E-state index is 5.22. The molecule has 0 aromatic carbocycles. The molecule has 2 aromatic heterocycles. The molecule has 2 aromatic rings. The fraction of sp³-hybridized carbons (Fsp3) is 0.562. The number of ether oxygens (including phenoxy) is 1. The van der Waals surface area contributed by atoms with Crippen LogP contribution < -0.4 is 5.32 Å². The Bertz CT molecular complexity index is 589. The molecule has 0 bridgehead atoms. The number of aromatic nitrogens is 4. The molecule has 0 aliphatic carbocycles. The van der Waals surface area contributed by atoms with E-state index in [0.717, 1.165) is 29.6 Å². The SMILES string of the molecule is CCC(Nc1cc(COC)nc(C(C)(C)C)n1)c1ncc[nH]1. The van der Waals surface area contributed by atoms with Crippen LogP contribution in [0.4, 0.5) is 5.82 Å².